The van der Waals surface area contributed by atoms with Gasteiger partial charge in [0.05, 0.1) is 11.1 Å². The molecule has 1 heterocycles. The van der Waals surface area contributed by atoms with Crippen LogP contribution in [0.2, 0.25) is 0 Å². The van der Waals surface area contributed by atoms with Gasteiger partial charge < -0.3 is 4.52 Å². The van der Waals surface area contributed by atoms with E-state index in [-0.39, 0.29) is 4.90 Å². The summed E-state index contributed by atoms with van der Waals surface area (Å²) in [4.78, 5) is 0.0522. The maximum Gasteiger partial charge on any atom is 0.238 e. The minimum absolute atomic E-state index is 0.0522. The first-order valence-corrected chi connectivity index (χ1v) is 5.66. The predicted octanol–water partition coefficient (Wildman–Crippen LogP) is 0.989. The molecule has 1 aromatic carbocycles. The second-order valence-corrected chi connectivity index (χ2v) is 4.51. The normalized spacial score (nSPS) is 11.5. The summed E-state index contributed by atoms with van der Waals surface area (Å²) < 4.78 is 27.1. The monoisotopic (exact) mass is 224 g/mol. The number of primary sulfonamides is 1. The highest BCUT2D eigenvalue weighted by Gasteiger charge is 2.09. The zero-order valence-corrected chi connectivity index (χ0v) is 8.44. The van der Waals surface area contributed by atoms with E-state index in [4.69, 9.17) is 9.66 Å². The summed E-state index contributed by atoms with van der Waals surface area (Å²) in [6.07, 6.45) is 1.49. The van der Waals surface area contributed by atoms with Crippen molar-refractivity contribution in [1.82, 2.24) is 5.16 Å². The minimum atomic E-state index is -3.68. The topological polar surface area (TPSA) is 86.2 Å². The first-order valence-electron chi connectivity index (χ1n) is 4.11. The quantitative estimate of drug-likeness (QED) is 0.824. The lowest BCUT2D eigenvalue weighted by molar-refractivity contribution is 0.432. The minimum Gasteiger partial charge on any atom is -0.356 e. The van der Waals surface area contributed by atoms with Crippen molar-refractivity contribution in [3.05, 3.63) is 36.5 Å². The van der Waals surface area contributed by atoms with E-state index in [1.165, 1.54) is 18.3 Å². The largest absolute Gasteiger partial charge is 0.356 e. The summed E-state index contributed by atoms with van der Waals surface area (Å²) in [6, 6.07) is 7.82. The van der Waals surface area contributed by atoms with Crippen molar-refractivity contribution in [1.29, 1.82) is 0 Å². The Balaban J connectivity index is 2.53. The molecule has 78 valence electrons. The Morgan fingerprint density at radius 3 is 2.67 bits per heavy atom. The molecule has 15 heavy (non-hydrogen) atoms. The second-order valence-electron chi connectivity index (χ2n) is 2.95. The molecule has 0 spiro atoms. The third kappa shape index (κ3) is 2.05. The van der Waals surface area contributed by atoms with Crippen molar-refractivity contribution in [2.24, 2.45) is 5.14 Å². The van der Waals surface area contributed by atoms with E-state index in [1.807, 2.05) is 0 Å². The lowest BCUT2D eigenvalue weighted by Crippen LogP contribution is -2.11. The third-order valence-corrected chi connectivity index (χ3v) is 2.80. The fourth-order valence-electron chi connectivity index (χ4n) is 1.19. The average molecular weight is 224 g/mol. The number of benzene rings is 1. The summed E-state index contributed by atoms with van der Waals surface area (Å²) in [6.45, 7) is 0. The highest BCUT2D eigenvalue weighted by molar-refractivity contribution is 7.89. The molecule has 0 saturated heterocycles. The van der Waals surface area contributed by atoms with Crippen LogP contribution < -0.4 is 5.14 Å². The molecule has 1 aromatic heterocycles. The lowest BCUT2D eigenvalue weighted by atomic mass is 10.2. The number of rotatable bonds is 2. The smallest absolute Gasteiger partial charge is 0.238 e. The van der Waals surface area contributed by atoms with Crippen molar-refractivity contribution in [3.8, 4) is 11.3 Å². The molecule has 0 saturated carbocycles. The van der Waals surface area contributed by atoms with Gasteiger partial charge in [0.1, 0.15) is 0 Å². The van der Waals surface area contributed by atoms with Crippen molar-refractivity contribution in [2.75, 3.05) is 0 Å². The van der Waals surface area contributed by atoms with Crippen LogP contribution in [0.15, 0.2) is 45.9 Å². The summed E-state index contributed by atoms with van der Waals surface area (Å²) >= 11 is 0. The highest BCUT2D eigenvalue weighted by Crippen LogP contribution is 2.21. The molecular formula is C9H8N2O3S. The Morgan fingerprint density at radius 1 is 1.27 bits per heavy atom. The maximum atomic E-state index is 11.1. The molecular weight excluding hydrogens is 216 g/mol. The van der Waals surface area contributed by atoms with Gasteiger partial charge in [0.25, 0.3) is 0 Å². The van der Waals surface area contributed by atoms with Gasteiger partial charge in [-0.15, -0.1) is 0 Å². The number of aromatic nitrogens is 1. The molecule has 2 aromatic rings. The average Bonchev–Trinajstić information content (AvgIpc) is 2.69. The predicted molar refractivity (Wildman–Crippen MR) is 53.3 cm³/mol. The van der Waals surface area contributed by atoms with E-state index >= 15 is 0 Å². The van der Waals surface area contributed by atoms with Crippen LogP contribution in [-0.2, 0) is 10.0 Å². The van der Waals surface area contributed by atoms with Gasteiger partial charge in [-0.3, -0.25) is 0 Å². The fourth-order valence-corrected chi connectivity index (χ4v) is 1.75. The molecule has 0 aliphatic carbocycles. The Morgan fingerprint density at radius 2 is 2.07 bits per heavy atom. The van der Waals surface area contributed by atoms with E-state index in [2.05, 4.69) is 5.16 Å². The number of nitrogens with two attached hydrogens (primary N) is 1. The molecule has 0 unspecified atom stereocenters. The van der Waals surface area contributed by atoms with Crippen LogP contribution in [0.3, 0.4) is 0 Å². The van der Waals surface area contributed by atoms with E-state index in [0.717, 1.165) is 0 Å². The molecule has 0 amide bonds. The Kier molecular flexibility index (Phi) is 2.29. The van der Waals surface area contributed by atoms with Crippen LogP contribution in [0.25, 0.3) is 11.3 Å². The van der Waals surface area contributed by atoms with Gasteiger partial charge in [0.15, 0.2) is 5.76 Å². The molecule has 5 nitrogen and oxygen atoms in total. The molecule has 2 rings (SSSR count). The van der Waals surface area contributed by atoms with Crippen LogP contribution >= 0.6 is 0 Å². The van der Waals surface area contributed by atoms with Gasteiger partial charge in [-0.25, -0.2) is 13.6 Å². The van der Waals surface area contributed by atoms with Crippen molar-refractivity contribution in [2.45, 2.75) is 4.90 Å². The van der Waals surface area contributed by atoms with Crippen molar-refractivity contribution < 1.29 is 12.9 Å². The van der Waals surface area contributed by atoms with Crippen LogP contribution in [0.1, 0.15) is 0 Å². The van der Waals surface area contributed by atoms with E-state index in [9.17, 15) is 8.42 Å². The van der Waals surface area contributed by atoms with Gasteiger partial charge in [-0.2, -0.15) is 0 Å². The first kappa shape index (κ1) is 9.88. The summed E-state index contributed by atoms with van der Waals surface area (Å²) in [5, 5.41) is 8.54. The highest BCUT2D eigenvalue weighted by atomic mass is 32.2. The van der Waals surface area contributed by atoms with Gasteiger partial charge in [-0.05, 0) is 12.1 Å². The molecule has 0 bridgehead atoms. The van der Waals surface area contributed by atoms with Gasteiger partial charge in [0, 0.05) is 11.6 Å². The Bertz CT molecular complexity index is 561. The van der Waals surface area contributed by atoms with Crippen molar-refractivity contribution in [3.63, 3.8) is 0 Å². The zero-order valence-electron chi connectivity index (χ0n) is 7.62. The molecule has 6 heteroatoms. The fraction of sp³-hybridized carbons (Fsp3) is 0. The van der Waals surface area contributed by atoms with Crippen molar-refractivity contribution >= 4 is 10.0 Å². The summed E-state index contributed by atoms with van der Waals surface area (Å²) in [5.74, 6) is 0.500. The third-order valence-electron chi connectivity index (χ3n) is 1.88. The van der Waals surface area contributed by atoms with Gasteiger partial charge >= 0.3 is 0 Å². The number of sulfonamides is 1. The van der Waals surface area contributed by atoms with Crippen LogP contribution in [-0.4, -0.2) is 13.6 Å². The van der Waals surface area contributed by atoms with E-state index in [1.54, 1.807) is 18.2 Å². The summed E-state index contributed by atoms with van der Waals surface area (Å²) in [5.41, 5.74) is 0.624. The number of nitrogens with zero attached hydrogens (tertiary/aromatic N) is 1. The van der Waals surface area contributed by atoms with Crippen LogP contribution in [0.5, 0.6) is 0 Å². The first-order chi connectivity index (χ1) is 7.07. The van der Waals surface area contributed by atoms with Gasteiger partial charge in [-0.1, -0.05) is 17.3 Å². The number of hydrogen-bond acceptors (Lipinski definition) is 4. The van der Waals surface area contributed by atoms with E-state index in [0.29, 0.717) is 11.3 Å². The second kappa shape index (κ2) is 3.48. The van der Waals surface area contributed by atoms with Gasteiger partial charge in [0.2, 0.25) is 10.0 Å². The zero-order chi connectivity index (χ0) is 10.9. The lowest BCUT2D eigenvalue weighted by Gasteiger charge is -1.99. The molecule has 0 aliphatic heterocycles. The van der Waals surface area contributed by atoms with E-state index < -0.39 is 10.0 Å². The number of hydrogen-bond donors (Lipinski definition) is 1. The molecule has 0 aliphatic rings. The molecule has 0 atom stereocenters. The van der Waals surface area contributed by atoms with Crippen LogP contribution in [0, 0.1) is 0 Å². The SMILES string of the molecule is NS(=O)(=O)c1cccc(-c2ccno2)c1. The maximum absolute atomic E-state index is 11.1. The summed E-state index contributed by atoms with van der Waals surface area (Å²) in [7, 11) is -3.68. The standard InChI is InChI=1S/C9H8N2O3S/c10-15(12,13)8-3-1-2-7(6-8)9-4-5-11-14-9/h1-6H,(H2,10,12,13). The van der Waals surface area contributed by atoms with Crippen LogP contribution in [0.4, 0.5) is 0 Å². The molecule has 2 N–H and O–H groups in total. The Labute approximate surface area is 86.6 Å². The molecule has 0 fully saturated rings. The molecule has 0 radical (unpaired) electrons. The Hall–Kier alpha value is -1.66.